The number of hydrogen-bond acceptors (Lipinski definition) is 7. The van der Waals surface area contributed by atoms with Gasteiger partial charge in [-0.25, -0.2) is 19.7 Å². The number of nitrogens with one attached hydrogen (secondary N) is 1. The Morgan fingerprint density at radius 3 is 2.60 bits per heavy atom. The quantitative estimate of drug-likeness (QED) is 0.400. The molecule has 5 rings (SSSR count). The largest absolute Gasteiger partial charge is 0.497 e. The van der Waals surface area contributed by atoms with E-state index in [1.807, 2.05) is 24.3 Å². The molecule has 2 aromatic heterocycles. The number of anilines is 1. The highest BCUT2D eigenvalue weighted by atomic mass is 16.5. The molecule has 4 aromatic rings. The second-order valence-electron chi connectivity index (χ2n) is 8.78. The molecule has 0 spiro atoms. The SMILES string of the molecule is CCOC(=O)c1cnc(-c2ccc(OC)cc2)nc1N1CCC(c2nc3ccc(C)cc3[nH]2)CC1. The van der Waals surface area contributed by atoms with Crippen LogP contribution in [0.1, 0.15) is 47.4 Å². The van der Waals surface area contributed by atoms with Gasteiger partial charge in [-0.15, -0.1) is 0 Å². The van der Waals surface area contributed by atoms with Crippen LogP contribution in [0, 0.1) is 6.92 Å². The summed E-state index contributed by atoms with van der Waals surface area (Å²) < 4.78 is 10.5. The van der Waals surface area contributed by atoms with Crippen LogP contribution in [0.25, 0.3) is 22.4 Å². The summed E-state index contributed by atoms with van der Waals surface area (Å²) in [5.41, 5.74) is 4.53. The van der Waals surface area contributed by atoms with Gasteiger partial charge in [-0.05, 0) is 68.7 Å². The lowest BCUT2D eigenvalue weighted by Gasteiger charge is -2.33. The van der Waals surface area contributed by atoms with Crippen molar-refractivity contribution in [1.82, 2.24) is 19.9 Å². The Morgan fingerprint density at radius 2 is 1.89 bits per heavy atom. The van der Waals surface area contributed by atoms with E-state index in [4.69, 9.17) is 19.4 Å². The minimum absolute atomic E-state index is 0.298. The molecule has 0 amide bonds. The maximum Gasteiger partial charge on any atom is 0.343 e. The molecule has 1 aliphatic rings. The summed E-state index contributed by atoms with van der Waals surface area (Å²) in [6.07, 6.45) is 3.39. The molecule has 8 nitrogen and oxygen atoms in total. The Hall–Kier alpha value is -3.94. The monoisotopic (exact) mass is 471 g/mol. The number of imidazole rings is 1. The maximum atomic E-state index is 12.7. The van der Waals surface area contributed by atoms with Crippen molar-refractivity contribution in [2.45, 2.75) is 32.6 Å². The van der Waals surface area contributed by atoms with Gasteiger partial charge in [-0.2, -0.15) is 0 Å². The molecular weight excluding hydrogens is 442 g/mol. The highest BCUT2D eigenvalue weighted by Gasteiger charge is 2.28. The number of nitrogens with zero attached hydrogens (tertiary/aromatic N) is 4. The third kappa shape index (κ3) is 4.69. The molecule has 1 fully saturated rings. The topological polar surface area (TPSA) is 93.2 Å². The van der Waals surface area contributed by atoms with Crippen molar-refractivity contribution in [3.8, 4) is 17.1 Å². The number of hydrogen-bond donors (Lipinski definition) is 1. The number of benzene rings is 2. The van der Waals surface area contributed by atoms with Crippen molar-refractivity contribution in [2.24, 2.45) is 0 Å². The summed E-state index contributed by atoms with van der Waals surface area (Å²) in [5, 5.41) is 0. The van der Waals surface area contributed by atoms with Gasteiger partial charge in [-0.3, -0.25) is 0 Å². The summed E-state index contributed by atoms with van der Waals surface area (Å²) >= 11 is 0. The van der Waals surface area contributed by atoms with Crippen LogP contribution in [0.2, 0.25) is 0 Å². The van der Waals surface area contributed by atoms with Gasteiger partial charge in [0.2, 0.25) is 0 Å². The maximum absolute atomic E-state index is 12.7. The molecule has 0 bridgehead atoms. The van der Waals surface area contributed by atoms with Gasteiger partial charge in [-0.1, -0.05) is 6.07 Å². The minimum atomic E-state index is -0.404. The van der Waals surface area contributed by atoms with Crippen molar-refractivity contribution < 1.29 is 14.3 Å². The Morgan fingerprint density at radius 1 is 1.11 bits per heavy atom. The molecule has 8 heteroatoms. The number of fused-ring (bicyclic) bond motifs is 1. The summed E-state index contributed by atoms with van der Waals surface area (Å²) in [7, 11) is 1.63. The van der Waals surface area contributed by atoms with E-state index < -0.39 is 5.97 Å². The molecule has 1 saturated heterocycles. The van der Waals surface area contributed by atoms with Crippen LogP contribution < -0.4 is 9.64 Å². The van der Waals surface area contributed by atoms with Gasteiger partial charge in [0.25, 0.3) is 0 Å². The fraction of sp³-hybridized carbons (Fsp3) is 0.333. The van der Waals surface area contributed by atoms with E-state index in [9.17, 15) is 4.79 Å². The molecule has 0 atom stereocenters. The molecule has 1 aliphatic heterocycles. The number of aromatic amines is 1. The average Bonchev–Trinajstić information content (AvgIpc) is 3.32. The third-order valence-electron chi connectivity index (χ3n) is 6.45. The van der Waals surface area contributed by atoms with Crippen LogP contribution in [-0.2, 0) is 4.74 Å². The van der Waals surface area contributed by atoms with Gasteiger partial charge in [0.15, 0.2) is 5.82 Å². The number of ether oxygens (including phenoxy) is 2. The Bertz CT molecular complexity index is 1340. The standard InChI is InChI=1S/C27H29N5O3/c1-4-35-27(33)21-16-28-24(18-6-8-20(34-3)9-7-18)31-26(21)32-13-11-19(12-14-32)25-29-22-10-5-17(2)15-23(22)30-25/h5-10,15-16,19H,4,11-14H2,1-3H3,(H,29,30). The van der Waals surface area contributed by atoms with E-state index >= 15 is 0 Å². The number of aromatic nitrogens is 4. The summed E-state index contributed by atoms with van der Waals surface area (Å²) in [5.74, 6) is 2.89. The van der Waals surface area contributed by atoms with Crippen LogP contribution in [0.3, 0.4) is 0 Å². The number of methoxy groups -OCH3 is 1. The van der Waals surface area contributed by atoms with Crippen molar-refractivity contribution in [1.29, 1.82) is 0 Å². The van der Waals surface area contributed by atoms with Crippen LogP contribution in [0.4, 0.5) is 5.82 Å². The molecule has 180 valence electrons. The third-order valence-corrected chi connectivity index (χ3v) is 6.45. The predicted octanol–water partition coefficient (Wildman–Crippen LogP) is 4.90. The number of aryl methyl sites for hydroxylation is 1. The van der Waals surface area contributed by atoms with Gasteiger partial charge < -0.3 is 19.4 Å². The summed E-state index contributed by atoms with van der Waals surface area (Å²) in [6, 6.07) is 13.9. The van der Waals surface area contributed by atoms with E-state index in [1.165, 1.54) is 5.56 Å². The zero-order chi connectivity index (χ0) is 24.4. The minimum Gasteiger partial charge on any atom is -0.497 e. The Labute approximate surface area is 204 Å². The van der Waals surface area contributed by atoms with Crippen LogP contribution in [0.5, 0.6) is 5.75 Å². The number of H-pyrrole nitrogens is 1. The van der Waals surface area contributed by atoms with E-state index in [0.29, 0.717) is 29.7 Å². The van der Waals surface area contributed by atoms with Crippen molar-refractivity contribution >= 4 is 22.8 Å². The van der Waals surface area contributed by atoms with E-state index in [2.05, 4.69) is 40.0 Å². The normalized spacial score (nSPS) is 14.3. The van der Waals surface area contributed by atoms with Gasteiger partial charge in [0.1, 0.15) is 23.0 Å². The molecule has 1 N–H and O–H groups in total. The van der Waals surface area contributed by atoms with Gasteiger partial charge >= 0.3 is 5.97 Å². The molecular formula is C27H29N5O3. The van der Waals surface area contributed by atoms with Gasteiger partial charge in [0.05, 0.1) is 24.8 Å². The highest BCUT2D eigenvalue weighted by molar-refractivity contribution is 5.95. The average molecular weight is 472 g/mol. The lowest BCUT2D eigenvalue weighted by molar-refractivity contribution is 0.0526. The number of carbonyl (C=O) groups is 1. The Balaban J connectivity index is 1.40. The first-order chi connectivity index (χ1) is 17.1. The van der Waals surface area contributed by atoms with E-state index in [0.717, 1.165) is 54.1 Å². The van der Waals surface area contributed by atoms with Crippen molar-refractivity contribution in [2.75, 3.05) is 31.7 Å². The molecule has 3 heterocycles. The lowest BCUT2D eigenvalue weighted by Crippen LogP contribution is -2.35. The lowest BCUT2D eigenvalue weighted by atomic mass is 9.96. The molecule has 0 unspecified atom stereocenters. The van der Waals surface area contributed by atoms with Crippen molar-refractivity contribution in [3.05, 3.63) is 65.6 Å². The first-order valence-electron chi connectivity index (χ1n) is 12.0. The Kier molecular flexibility index (Phi) is 6.35. The zero-order valence-electron chi connectivity index (χ0n) is 20.2. The van der Waals surface area contributed by atoms with Crippen LogP contribution in [-0.4, -0.2) is 52.7 Å². The van der Waals surface area contributed by atoms with Crippen LogP contribution >= 0.6 is 0 Å². The van der Waals surface area contributed by atoms with Crippen LogP contribution in [0.15, 0.2) is 48.7 Å². The molecule has 0 aliphatic carbocycles. The highest BCUT2D eigenvalue weighted by Crippen LogP contribution is 2.32. The number of rotatable bonds is 6. The van der Waals surface area contributed by atoms with Crippen molar-refractivity contribution in [3.63, 3.8) is 0 Å². The fourth-order valence-corrected chi connectivity index (χ4v) is 4.55. The van der Waals surface area contributed by atoms with E-state index in [-0.39, 0.29) is 0 Å². The smallest absolute Gasteiger partial charge is 0.343 e. The predicted molar refractivity (Wildman–Crippen MR) is 135 cm³/mol. The zero-order valence-corrected chi connectivity index (χ0v) is 20.2. The second-order valence-corrected chi connectivity index (χ2v) is 8.78. The first-order valence-corrected chi connectivity index (χ1v) is 12.0. The summed E-state index contributed by atoms with van der Waals surface area (Å²) in [4.78, 5) is 32.5. The molecule has 0 saturated carbocycles. The van der Waals surface area contributed by atoms with E-state index in [1.54, 1.807) is 20.2 Å². The summed E-state index contributed by atoms with van der Waals surface area (Å²) in [6.45, 7) is 5.69. The molecule has 0 radical (unpaired) electrons. The number of piperidine rings is 1. The fourth-order valence-electron chi connectivity index (χ4n) is 4.55. The first kappa shape index (κ1) is 22.8. The molecule has 35 heavy (non-hydrogen) atoms. The molecule has 2 aromatic carbocycles. The second kappa shape index (κ2) is 9.74. The number of carbonyl (C=O) groups excluding carboxylic acids is 1. The number of esters is 1. The van der Waals surface area contributed by atoms with Gasteiger partial charge in [0, 0.05) is 30.8 Å².